The van der Waals surface area contributed by atoms with Crippen molar-refractivity contribution in [2.75, 3.05) is 33.5 Å². The Morgan fingerprint density at radius 2 is 2.11 bits per heavy atom. The molecule has 1 saturated carbocycles. The Morgan fingerprint density at radius 1 is 1.32 bits per heavy atom. The van der Waals surface area contributed by atoms with Crippen molar-refractivity contribution < 1.29 is 19.0 Å². The van der Waals surface area contributed by atoms with Crippen molar-refractivity contribution in [1.29, 1.82) is 0 Å². The van der Waals surface area contributed by atoms with E-state index in [0.29, 0.717) is 39.3 Å². The fourth-order valence-electron chi connectivity index (χ4n) is 2.28. The highest BCUT2D eigenvalue weighted by molar-refractivity contribution is 5.84. The monoisotopic (exact) mass is 274 g/mol. The van der Waals surface area contributed by atoms with Crippen LogP contribution in [0.15, 0.2) is 0 Å². The van der Waals surface area contributed by atoms with Gasteiger partial charge in [0.2, 0.25) is 5.91 Å². The summed E-state index contributed by atoms with van der Waals surface area (Å²) >= 11 is 0. The standard InChI is InChI=1S/C13H26N2O4/c1-17-8-9-18-6-3-7-19-11-4-2-5-13(15,10-11)12(14)16/h11H,2-10,15H2,1H3,(H2,14,16). The molecule has 4 N–H and O–H groups in total. The first-order valence-electron chi connectivity index (χ1n) is 6.85. The van der Waals surface area contributed by atoms with Crippen LogP contribution in [-0.2, 0) is 19.0 Å². The predicted molar refractivity (Wildman–Crippen MR) is 71.6 cm³/mol. The normalized spacial score (nSPS) is 27.4. The minimum atomic E-state index is -0.891. The zero-order chi connectivity index (χ0) is 14.1. The fourth-order valence-corrected chi connectivity index (χ4v) is 2.28. The lowest BCUT2D eigenvalue weighted by molar-refractivity contribution is -0.126. The maximum Gasteiger partial charge on any atom is 0.237 e. The van der Waals surface area contributed by atoms with Crippen molar-refractivity contribution >= 4 is 5.91 Å². The maximum atomic E-state index is 11.3. The second-order valence-electron chi connectivity index (χ2n) is 5.07. The average molecular weight is 274 g/mol. The second kappa shape index (κ2) is 8.47. The maximum absolute atomic E-state index is 11.3. The smallest absolute Gasteiger partial charge is 0.237 e. The third-order valence-corrected chi connectivity index (χ3v) is 3.45. The fraction of sp³-hybridized carbons (Fsp3) is 0.923. The molecular weight excluding hydrogens is 248 g/mol. The van der Waals surface area contributed by atoms with Crippen molar-refractivity contribution in [2.24, 2.45) is 11.5 Å². The number of amides is 1. The molecular formula is C13H26N2O4. The zero-order valence-electron chi connectivity index (χ0n) is 11.7. The lowest BCUT2D eigenvalue weighted by Gasteiger charge is -2.35. The van der Waals surface area contributed by atoms with Crippen molar-refractivity contribution in [3.63, 3.8) is 0 Å². The summed E-state index contributed by atoms with van der Waals surface area (Å²) in [4.78, 5) is 11.3. The Balaban J connectivity index is 2.11. The number of ether oxygens (including phenoxy) is 3. The van der Waals surface area contributed by atoms with E-state index < -0.39 is 11.4 Å². The molecule has 1 aliphatic carbocycles. The summed E-state index contributed by atoms with van der Waals surface area (Å²) in [6, 6.07) is 0. The van der Waals surface area contributed by atoms with Crippen LogP contribution in [0.4, 0.5) is 0 Å². The number of carbonyl (C=O) groups is 1. The van der Waals surface area contributed by atoms with E-state index in [1.54, 1.807) is 7.11 Å². The summed E-state index contributed by atoms with van der Waals surface area (Å²) in [7, 11) is 1.65. The van der Waals surface area contributed by atoms with Gasteiger partial charge in [0, 0.05) is 26.7 Å². The van der Waals surface area contributed by atoms with Gasteiger partial charge in [0.15, 0.2) is 0 Å². The van der Waals surface area contributed by atoms with Gasteiger partial charge in [-0.05, 0) is 25.7 Å². The van der Waals surface area contributed by atoms with Gasteiger partial charge in [0.1, 0.15) is 0 Å². The molecule has 0 aromatic rings. The summed E-state index contributed by atoms with van der Waals surface area (Å²) in [5.74, 6) is -0.427. The number of rotatable bonds is 9. The summed E-state index contributed by atoms with van der Waals surface area (Å²) in [6.07, 6.45) is 3.86. The van der Waals surface area contributed by atoms with Gasteiger partial charge in [-0.25, -0.2) is 0 Å². The van der Waals surface area contributed by atoms with Gasteiger partial charge in [-0.2, -0.15) is 0 Å². The lowest BCUT2D eigenvalue weighted by atomic mass is 9.80. The molecule has 1 fully saturated rings. The molecule has 2 atom stereocenters. The number of nitrogens with two attached hydrogens (primary N) is 2. The quantitative estimate of drug-likeness (QED) is 0.585. The predicted octanol–water partition coefficient (Wildman–Crippen LogP) is 0.182. The Bertz CT molecular complexity index is 275. The van der Waals surface area contributed by atoms with E-state index in [0.717, 1.165) is 19.3 Å². The Hall–Kier alpha value is -0.690. The molecule has 0 bridgehead atoms. The zero-order valence-corrected chi connectivity index (χ0v) is 11.7. The highest BCUT2D eigenvalue weighted by atomic mass is 16.5. The van der Waals surface area contributed by atoms with Gasteiger partial charge in [-0.1, -0.05) is 0 Å². The molecule has 0 aromatic heterocycles. The highest BCUT2D eigenvalue weighted by Crippen LogP contribution is 2.28. The van der Waals surface area contributed by atoms with Crippen molar-refractivity contribution in [3.05, 3.63) is 0 Å². The molecule has 0 spiro atoms. The summed E-state index contributed by atoms with van der Waals surface area (Å²) in [5.41, 5.74) is 10.4. The Morgan fingerprint density at radius 3 is 2.79 bits per heavy atom. The molecule has 6 nitrogen and oxygen atoms in total. The van der Waals surface area contributed by atoms with E-state index >= 15 is 0 Å². The second-order valence-corrected chi connectivity index (χ2v) is 5.07. The van der Waals surface area contributed by atoms with Crippen LogP contribution in [0.1, 0.15) is 32.1 Å². The van der Waals surface area contributed by atoms with E-state index in [9.17, 15) is 4.79 Å². The number of hydrogen-bond acceptors (Lipinski definition) is 5. The van der Waals surface area contributed by atoms with Gasteiger partial charge in [0.25, 0.3) is 0 Å². The van der Waals surface area contributed by atoms with E-state index in [-0.39, 0.29) is 6.10 Å². The lowest BCUT2D eigenvalue weighted by Crippen LogP contribution is -2.56. The SMILES string of the molecule is COCCOCCCOC1CCCC(N)(C(N)=O)C1. The van der Waals surface area contributed by atoms with Crippen molar-refractivity contribution in [1.82, 2.24) is 0 Å². The van der Waals surface area contributed by atoms with E-state index in [1.165, 1.54) is 0 Å². The molecule has 0 aromatic carbocycles. The van der Waals surface area contributed by atoms with Gasteiger partial charge in [0.05, 0.1) is 24.9 Å². The van der Waals surface area contributed by atoms with Crippen LogP contribution in [0.2, 0.25) is 0 Å². The third kappa shape index (κ3) is 5.86. The Kier molecular flexibility index (Phi) is 7.30. The molecule has 19 heavy (non-hydrogen) atoms. The molecule has 1 amide bonds. The van der Waals surface area contributed by atoms with Gasteiger partial charge < -0.3 is 25.7 Å². The van der Waals surface area contributed by atoms with Crippen LogP contribution in [-0.4, -0.2) is 51.1 Å². The number of primary amides is 1. The van der Waals surface area contributed by atoms with Crippen LogP contribution in [0.25, 0.3) is 0 Å². The molecule has 0 saturated heterocycles. The third-order valence-electron chi connectivity index (χ3n) is 3.45. The molecule has 0 aliphatic heterocycles. The van der Waals surface area contributed by atoms with Crippen LogP contribution >= 0.6 is 0 Å². The van der Waals surface area contributed by atoms with Gasteiger partial charge >= 0.3 is 0 Å². The first-order chi connectivity index (χ1) is 9.08. The van der Waals surface area contributed by atoms with Crippen LogP contribution in [0.3, 0.4) is 0 Å². The number of hydrogen-bond donors (Lipinski definition) is 2. The molecule has 6 heteroatoms. The largest absolute Gasteiger partial charge is 0.382 e. The van der Waals surface area contributed by atoms with E-state index in [4.69, 9.17) is 25.7 Å². The van der Waals surface area contributed by atoms with Gasteiger partial charge in [-0.3, -0.25) is 4.79 Å². The van der Waals surface area contributed by atoms with Crippen LogP contribution in [0, 0.1) is 0 Å². The first kappa shape index (κ1) is 16.4. The number of carbonyl (C=O) groups excluding carboxylic acids is 1. The Labute approximate surface area is 114 Å². The molecule has 1 rings (SSSR count). The molecule has 1 aliphatic rings. The highest BCUT2D eigenvalue weighted by Gasteiger charge is 2.38. The minimum Gasteiger partial charge on any atom is -0.382 e. The van der Waals surface area contributed by atoms with Crippen molar-refractivity contribution in [3.8, 4) is 0 Å². The summed E-state index contributed by atoms with van der Waals surface area (Å²) in [6.45, 7) is 2.48. The van der Waals surface area contributed by atoms with Gasteiger partial charge in [-0.15, -0.1) is 0 Å². The molecule has 2 unspecified atom stereocenters. The first-order valence-corrected chi connectivity index (χ1v) is 6.85. The average Bonchev–Trinajstić information content (AvgIpc) is 2.38. The van der Waals surface area contributed by atoms with E-state index in [2.05, 4.69) is 0 Å². The molecule has 0 radical (unpaired) electrons. The minimum absolute atomic E-state index is 0.0326. The molecule has 0 heterocycles. The summed E-state index contributed by atoms with van der Waals surface area (Å²) < 4.78 is 15.9. The molecule has 112 valence electrons. The van der Waals surface area contributed by atoms with E-state index in [1.807, 2.05) is 0 Å². The topological polar surface area (TPSA) is 96.8 Å². The van der Waals surface area contributed by atoms with Crippen LogP contribution in [0.5, 0.6) is 0 Å². The van der Waals surface area contributed by atoms with Crippen molar-refractivity contribution in [2.45, 2.75) is 43.7 Å². The van der Waals surface area contributed by atoms with Crippen LogP contribution < -0.4 is 11.5 Å². The summed E-state index contributed by atoms with van der Waals surface area (Å²) in [5, 5.41) is 0. The number of methoxy groups -OCH3 is 1.